The average molecular weight is 218 g/mol. The van der Waals surface area contributed by atoms with Crippen molar-refractivity contribution in [3.63, 3.8) is 0 Å². The van der Waals surface area contributed by atoms with Crippen LogP contribution in [0.3, 0.4) is 0 Å². The molecule has 0 aliphatic carbocycles. The molecule has 1 unspecified atom stereocenters. The van der Waals surface area contributed by atoms with Crippen LogP contribution in [-0.2, 0) is 0 Å². The molecule has 2 heterocycles. The molecular formula is C10H14N6. The van der Waals surface area contributed by atoms with Crippen LogP contribution in [0.4, 0.5) is 11.5 Å². The van der Waals surface area contributed by atoms with Crippen molar-refractivity contribution in [2.45, 2.75) is 19.9 Å². The second-order valence-corrected chi connectivity index (χ2v) is 3.69. The van der Waals surface area contributed by atoms with E-state index in [1.165, 1.54) is 6.33 Å². The summed E-state index contributed by atoms with van der Waals surface area (Å²) in [5.74, 6) is 1.41. The van der Waals surface area contributed by atoms with Crippen molar-refractivity contribution in [1.29, 1.82) is 0 Å². The van der Waals surface area contributed by atoms with E-state index in [0.29, 0.717) is 11.5 Å². The minimum Gasteiger partial charge on any atom is -0.396 e. The Morgan fingerprint density at radius 3 is 2.88 bits per heavy atom. The highest BCUT2D eigenvalue weighted by molar-refractivity contribution is 5.62. The number of aromatic amines is 1. The summed E-state index contributed by atoms with van der Waals surface area (Å²) < 4.78 is 0. The summed E-state index contributed by atoms with van der Waals surface area (Å²) >= 11 is 0. The number of aryl methyl sites for hydroxylation is 1. The summed E-state index contributed by atoms with van der Waals surface area (Å²) in [6.07, 6.45) is 3.24. The Balaban J connectivity index is 2.15. The van der Waals surface area contributed by atoms with Gasteiger partial charge in [-0.25, -0.2) is 9.97 Å². The third-order valence-electron chi connectivity index (χ3n) is 2.25. The molecule has 2 rings (SSSR count). The second kappa shape index (κ2) is 4.18. The van der Waals surface area contributed by atoms with Gasteiger partial charge in [0, 0.05) is 6.20 Å². The zero-order valence-electron chi connectivity index (χ0n) is 9.23. The molecule has 1 atom stereocenters. The van der Waals surface area contributed by atoms with Crippen LogP contribution in [-0.4, -0.2) is 20.2 Å². The number of H-pyrrole nitrogens is 1. The Hall–Kier alpha value is -2.11. The highest BCUT2D eigenvalue weighted by atomic mass is 15.2. The molecule has 4 N–H and O–H groups in total. The molecular weight excluding hydrogens is 204 g/mol. The number of nitrogens with two attached hydrogens (primary N) is 1. The van der Waals surface area contributed by atoms with Crippen molar-refractivity contribution >= 4 is 11.5 Å². The van der Waals surface area contributed by atoms with E-state index in [9.17, 15) is 0 Å². The van der Waals surface area contributed by atoms with Crippen molar-refractivity contribution in [1.82, 2.24) is 20.2 Å². The number of nitrogen functional groups attached to an aromatic ring is 1. The fourth-order valence-corrected chi connectivity index (χ4v) is 1.41. The molecule has 84 valence electrons. The first-order valence-electron chi connectivity index (χ1n) is 5.00. The van der Waals surface area contributed by atoms with Gasteiger partial charge in [0.05, 0.1) is 11.7 Å². The molecule has 0 saturated carbocycles. The monoisotopic (exact) mass is 218 g/mol. The Kier molecular flexibility index (Phi) is 2.72. The molecule has 16 heavy (non-hydrogen) atoms. The molecule has 0 spiro atoms. The molecule has 0 bridgehead atoms. The quantitative estimate of drug-likeness (QED) is 0.721. The number of nitrogens with one attached hydrogen (secondary N) is 2. The fourth-order valence-electron chi connectivity index (χ4n) is 1.41. The molecule has 0 saturated heterocycles. The van der Waals surface area contributed by atoms with E-state index in [1.807, 2.05) is 19.9 Å². The van der Waals surface area contributed by atoms with Crippen molar-refractivity contribution in [3.05, 3.63) is 30.0 Å². The van der Waals surface area contributed by atoms with Gasteiger partial charge in [0.1, 0.15) is 18.0 Å². The van der Waals surface area contributed by atoms with Gasteiger partial charge in [-0.3, -0.25) is 5.10 Å². The molecule has 2 aromatic rings. The van der Waals surface area contributed by atoms with Crippen molar-refractivity contribution in [2.75, 3.05) is 11.1 Å². The first-order chi connectivity index (χ1) is 7.66. The van der Waals surface area contributed by atoms with Crippen LogP contribution in [0, 0.1) is 6.92 Å². The molecule has 6 nitrogen and oxygen atoms in total. The van der Waals surface area contributed by atoms with Gasteiger partial charge in [0.15, 0.2) is 0 Å². The topological polar surface area (TPSA) is 92.5 Å². The predicted octanol–water partition coefficient (Wildman–Crippen LogP) is 1.26. The molecule has 2 aromatic heterocycles. The maximum Gasteiger partial charge on any atom is 0.149 e. The summed E-state index contributed by atoms with van der Waals surface area (Å²) in [7, 11) is 0. The van der Waals surface area contributed by atoms with Gasteiger partial charge in [0.25, 0.3) is 0 Å². The van der Waals surface area contributed by atoms with Crippen LogP contribution in [0.25, 0.3) is 0 Å². The average Bonchev–Trinajstić information content (AvgIpc) is 2.75. The van der Waals surface area contributed by atoms with Crippen LogP contribution in [0.1, 0.15) is 24.4 Å². The molecule has 0 amide bonds. The van der Waals surface area contributed by atoms with E-state index in [-0.39, 0.29) is 6.04 Å². The minimum atomic E-state index is -0.0139. The summed E-state index contributed by atoms with van der Waals surface area (Å²) in [4.78, 5) is 8.29. The van der Waals surface area contributed by atoms with Crippen molar-refractivity contribution < 1.29 is 0 Å². The largest absolute Gasteiger partial charge is 0.396 e. The van der Waals surface area contributed by atoms with Gasteiger partial charge in [-0.1, -0.05) is 0 Å². The number of pyridine rings is 1. The number of aromatic nitrogens is 4. The predicted molar refractivity (Wildman–Crippen MR) is 61.8 cm³/mol. The van der Waals surface area contributed by atoms with Crippen LogP contribution < -0.4 is 11.1 Å². The van der Waals surface area contributed by atoms with E-state index in [0.717, 1.165) is 11.4 Å². The number of nitrogens with zero attached hydrogens (tertiary/aromatic N) is 3. The Morgan fingerprint density at radius 2 is 2.25 bits per heavy atom. The number of anilines is 2. The van der Waals surface area contributed by atoms with Crippen molar-refractivity contribution in [3.8, 4) is 0 Å². The highest BCUT2D eigenvalue weighted by Crippen LogP contribution is 2.20. The Morgan fingerprint density at radius 1 is 1.44 bits per heavy atom. The van der Waals surface area contributed by atoms with E-state index in [4.69, 9.17) is 5.73 Å². The maximum absolute atomic E-state index is 5.85. The first kappa shape index (κ1) is 10.4. The highest BCUT2D eigenvalue weighted by Gasteiger charge is 2.10. The van der Waals surface area contributed by atoms with E-state index >= 15 is 0 Å². The lowest BCUT2D eigenvalue weighted by Crippen LogP contribution is -2.11. The molecule has 0 fully saturated rings. The zero-order valence-corrected chi connectivity index (χ0v) is 9.23. The van der Waals surface area contributed by atoms with E-state index in [2.05, 4.69) is 25.5 Å². The third-order valence-corrected chi connectivity index (χ3v) is 2.25. The molecule has 0 aromatic carbocycles. The second-order valence-electron chi connectivity index (χ2n) is 3.69. The third kappa shape index (κ3) is 2.10. The van der Waals surface area contributed by atoms with Gasteiger partial charge in [-0.2, -0.15) is 5.10 Å². The Bertz CT molecular complexity index is 464. The summed E-state index contributed by atoms with van der Waals surface area (Å²) in [5.41, 5.74) is 7.52. The Labute approximate surface area is 93.3 Å². The van der Waals surface area contributed by atoms with Gasteiger partial charge >= 0.3 is 0 Å². The van der Waals surface area contributed by atoms with Gasteiger partial charge in [-0.15, -0.1) is 0 Å². The lowest BCUT2D eigenvalue weighted by Gasteiger charge is -2.13. The van der Waals surface area contributed by atoms with Crippen LogP contribution in [0.15, 0.2) is 18.6 Å². The summed E-state index contributed by atoms with van der Waals surface area (Å²) in [6.45, 7) is 3.91. The molecule has 6 heteroatoms. The number of hydrogen-bond donors (Lipinski definition) is 3. The lowest BCUT2D eigenvalue weighted by molar-refractivity contribution is 0.790. The van der Waals surface area contributed by atoms with E-state index in [1.54, 1.807) is 6.20 Å². The normalized spacial score (nSPS) is 12.4. The lowest BCUT2D eigenvalue weighted by atomic mass is 10.2. The molecule has 0 radical (unpaired) electrons. The SMILES string of the molecule is Cc1cnc(NC(C)c2ncn[nH]2)c(N)c1. The van der Waals surface area contributed by atoms with Gasteiger partial charge in [-0.05, 0) is 25.5 Å². The summed E-state index contributed by atoms with van der Waals surface area (Å²) in [5, 5.41) is 9.76. The van der Waals surface area contributed by atoms with Crippen LogP contribution >= 0.6 is 0 Å². The zero-order chi connectivity index (χ0) is 11.5. The standard InChI is InChI=1S/C10H14N6/c1-6-3-8(11)10(12-4-6)15-7(2)9-13-5-14-16-9/h3-5,7H,11H2,1-2H3,(H,12,15)(H,13,14,16). The first-order valence-corrected chi connectivity index (χ1v) is 5.00. The fraction of sp³-hybridized carbons (Fsp3) is 0.300. The van der Waals surface area contributed by atoms with Crippen LogP contribution in [0.5, 0.6) is 0 Å². The summed E-state index contributed by atoms with van der Waals surface area (Å²) in [6, 6.07) is 1.86. The van der Waals surface area contributed by atoms with E-state index < -0.39 is 0 Å². The number of rotatable bonds is 3. The maximum atomic E-state index is 5.85. The molecule has 0 aliphatic rings. The number of hydrogen-bond acceptors (Lipinski definition) is 5. The smallest absolute Gasteiger partial charge is 0.149 e. The molecule has 0 aliphatic heterocycles. The van der Waals surface area contributed by atoms with Crippen LogP contribution in [0.2, 0.25) is 0 Å². The van der Waals surface area contributed by atoms with Gasteiger partial charge in [0.2, 0.25) is 0 Å². The van der Waals surface area contributed by atoms with Gasteiger partial charge < -0.3 is 11.1 Å². The van der Waals surface area contributed by atoms with Crippen molar-refractivity contribution in [2.24, 2.45) is 0 Å². The minimum absolute atomic E-state index is 0.0139.